The molecule has 0 aliphatic carbocycles. The van der Waals surface area contributed by atoms with Crippen molar-refractivity contribution in [2.24, 2.45) is 0 Å². The van der Waals surface area contributed by atoms with Crippen molar-refractivity contribution in [1.82, 2.24) is 4.98 Å². The minimum atomic E-state index is -0.995. The summed E-state index contributed by atoms with van der Waals surface area (Å²) in [6, 6.07) is 10.7. The van der Waals surface area contributed by atoms with Crippen LogP contribution < -0.4 is 0 Å². The fourth-order valence-corrected chi connectivity index (χ4v) is 1.19. The van der Waals surface area contributed by atoms with Crippen molar-refractivity contribution in [2.45, 2.75) is 0 Å². The Morgan fingerprint density at radius 1 is 1.11 bits per heavy atom. The molecule has 2 rings (SSSR count). The van der Waals surface area contributed by atoms with Crippen LogP contribution in [0, 0.1) is 0 Å². The number of hydrogen-bond donors (Lipinski definition) is 2. The number of rotatable bonds is 2. The van der Waals surface area contributed by atoms with E-state index in [1.807, 2.05) is 18.2 Å². The smallest absolute Gasteiger partial charge is 0.354 e. The summed E-state index contributed by atoms with van der Waals surface area (Å²) in [6.45, 7) is 2.96. The van der Waals surface area contributed by atoms with Gasteiger partial charge < -0.3 is 10.2 Å². The van der Waals surface area contributed by atoms with Gasteiger partial charge in [-0.05, 0) is 12.1 Å². The molecular formula is C13H11CuNO4. The number of carboxylic acids is 2. The van der Waals surface area contributed by atoms with Crippen LogP contribution in [0.3, 0.4) is 0 Å². The Labute approximate surface area is 120 Å². The zero-order valence-electron chi connectivity index (χ0n) is 9.71. The second-order valence-corrected chi connectivity index (χ2v) is 3.24. The molecule has 0 unspecified atom stereocenters. The van der Waals surface area contributed by atoms with Gasteiger partial charge in [-0.2, -0.15) is 0 Å². The zero-order chi connectivity index (χ0) is 13.5. The summed E-state index contributed by atoms with van der Waals surface area (Å²) in [6.07, 6.45) is 0.833. The van der Waals surface area contributed by atoms with Crippen molar-refractivity contribution in [3.8, 4) is 0 Å². The molecule has 0 atom stereocenters. The van der Waals surface area contributed by atoms with Crippen LogP contribution in [0.5, 0.6) is 0 Å². The molecule has 0 aliphatic rings. The third-order valence-electron chi connectivity index (χ3n) is 1.99. The van der Waals surface area contributed by atoms with E-state index in [-0.39, 0.29) is 22.8 Å². The molecular weight excluding hydrogens is 298 g/mol. The Morgan fingerprint density at radius 2 is 1.68 bits per heavy atom. The molecule has 6 heteroatoms. The van der Waals surface area contributed by atoms with Crippen LogP contribution in [0.1, 0.15) is 10.5 Å². The first kappa shape index (κ1) is 16.8. The second-order valence-electron chi connectivity index (χ2n) is 3.24. The molecule has 0 amide bonds. The molecule has 1 aromatic heterocycles. The van der Waals surface area contributed by atoms with Crippen LogP contribution in [0.25, 0.3) is 10.9 Å². The Kier molecular flexibility index (Phi) is 7.11. The van der Waals surface area contributed by atoms with Crippen LogP contribution in [0.2, 0.25) is 0 Å². The van der Waals surface area contributed by atoms with Gasteiger partial charge in [0, 0.05) is 28.5 Å². The van der Waals surface area contributed by atoms with Gasteiger partial charge in [0.05, 0.1) is 5.52 Å². The number of nitrogens with zero attached hydrogens (tertiary/aromatic N) is 1. The fourth-order valence-electron chi connectivity index (χ4n) is 1.19. The van der Waals surface area contributed by atoms with Crippen LogP contribution in [0.4, 0.5) is 0 Å². The number of carbonyl (C=O) groups is 2. The number of para-hydroxylation sites is 1. The second kappa shape index (κ2) is 8.02. The summed E-state index contributed by atoms with van der Waals surface area (Å²) in [4.78, 5) is 23.8. The van der Waals surface area contributed by atoms with Gasteiger partial charge in [-0.3, -0.25) is 0 Å². The molecule has 1 aromatic carbocycles. The van der Waals surface area contributed by atoms with Gasteiger partial charge in [-0.15, -0.1) is 0 Å². The molecule has 0 saturated heterocycles. The maximum atomic E-state index is 10.6. The maximum absolute atomic E-state index is 10.6. The van der Waals surface area contributed by atoms with E-state index in [9.17, 15) is 9.59 Å². The normalized spacial score (nSPS) is 8.63. The van der Waals surface area contributed by atoms with Crippen LogP contribution in [-0.4, -0.2) is 27.1 Å². The number of carboxylic acid groups (broad SMARTS) is 2. The molecule has 0 fully saturated rings. The van der Waals surface area contributed by atoms with E-state index in [1.165, 1.54) is 6.07 Å². The molecule has 1 radical (unpaired) electrons. The van der Waals surface area contributed by atoms with Crippen molar-refractivity contribution in [3.63, 3.8) is 0 Å². The van der Waals surface area contributed by atoms with Gasteiger partial charge >= 0.3 is 11.9 Å². The number of aliphatic carboxylic acids is 1. The number of benzene rings is 1. The van der Waals surface area contributed by atoms with Gasteiger partial charge in [-0.1, -0.05) is 30.8 Å². The van der Waals surface area contributed by atoms with Crippen molar-refractivity contribution >= 4 is 22.8 Å². The SMILES string of the molecule is C=CC(=O)O.O=C(O)c1ccc2ccccc2n1.[Cu]. The summed E-state index contributed by atoms with van der Waals surface area (Å²) in [7, 11) is 0. The molecule has 2 aromatic rings. The first-order valence-electron chi connectivity index (χ1n) is 4.99. The van der Waals surface area contributed by atoms with Gasteiger partial charge in [0.25, 0.3) is 0 Å². The van der Waals surface area contributed by atoms with E-state index < -0.39 is 11.9 Å². The van der Waals surface area contributed by atoms with Crippen LogP contribution >= 0.6 is 0 Å². The molecule has 0 spiro atoms. The summed E-state index contributed by atoms with van der Waals surface area (Å²) in [5, 5.41) is 17.2. The molecule has 0 aliphatic heterocycles. The number of hydrogen-bond acceptors (Lipinski definition) is 3. The zero-order valence-corrected chi connectivity index (χ0v) is 10.6. The predicted octanol–water partition coefficient (Wildman–Crippen LogP) is 2.19. The first-order valence-corrected chi connectivity index (χ1v) is 4.99. The van der Waals surface area contributed by atoms with E-state index in [0.717, 1.165) is 11.5 Å². The minimum absolute atomic E-state index is 0. The number of pyridine rings is 1. The summed E-state index contributed by atoms with van der Waals surface area (Å²) in [5.41, 5.74) is 0.793. The maximum Gasteiger partial charge on any atom is 0.354 e. The molecule has 0 saturated carbocycles. The molecule has 2 N–H and O–H groups in total. The van der Waals surface area contributed by atoms with Crippen LogP contribution in [-0.2, 0) is 21.9 Å². The summed E-state index contributed by atoms with van der Waals surface area (Å²) < 4.78 is 0. The number of aromatic nitrogens is 1. The Balaban J connectivity index is 0.000000471. The average molecular weight is 309 g/mol. The summed E-state index contributed by atoms with van der Waals surface area (Å²) >= 11 is 0. The van der Waals surface area contributed by atoms with Gasteiger partial charge in [0.2, 0.25) is 0 Å². The van der Waals surface area contributed by atoms with Gasteiger partial charge in [-0.25, -0.2) is 14.6 Å². The van der Waals surface area contributed by atoms with Gasteiger partial charge in [0.15, 0.2) is 0 Å². The van der Waals surface area contributed by atoms with Crippen LogP contribution in [0.15, 0.2) is 49.1 Å². The number of fused-ring (bicyclic) bond motifs is 1. The fraction of sp³-hybridized carbons (Fsp3) is 0. The minimum Gasteiger partial charge on any atom is -0.478 e. The van der Waals surface area contributed by atoms with Crippen molar-refractivity contribution < 1.29 is 36.9 Å². The largest absolute Gasteiger partial charge is 0.478 e. The Bertz CT molecular complexity index is 598. The molecule has 103 valence electrons. The topological polar surface area (TPSA) is 87.5 Å². The van der Waals surface area contributed by atoms with Crippen molar-refractivity contribution in [1.29, 1.82) is 0 Å². The Morgan fingerprint density at radius 3 is 2.21 bits per heavy atom. The third-order valence-corrected chi connectivity index (χ3v) is 1.99. The van der Waals surface area contributed by atoms with E-state index in [0.29, 0.717) is 5.52 Å². The van der Waals surface area contributed by atoms with Crippen molar-refractivity contribution in [2.75, 3.05) is 0 Å². The molecule has 19 heavy (non-hydrogen) atoms. The molecule has 5 nitrogen and oxygen atoms in total. The van der Waals surface area contributed by atoms with E-state index in [4.69, 9.17) is 10.2 Å². The predicted molar refractivity (Wildman–Crippen MR) is 66.5 cm³/mol. The van der Waals surface area contributed by atoms with E-state index >= 15 is 0 Å². The van der Waals surface area contributed by atoms with E-state index in [2.05, 4.69) is 11.6 Å². The van der Waals surface area contributed by atoms with E-state index in [1.54, 1.807) is 12.1 Å². The summed E-state index contributed by atoms with van der Waals surface area (Å²) in [5.74, 6) is -1.98. The quantitative estimate of drug-likeness (QED) is 0.656. The van der Waals surface area contributed by atoms with Gasteiger partial charge in [0.1, 0.15) is 5.69 Å². The first-order chi connectivity index (χ1) is 8.54. The average Bonchev–Trinajstić information content (AvgIpc) is 2.38. The Hall–Kier alpha value is -2.17. The monoisotopic (exact) mass is 308 g/mol. The standard InChI is InChI=1S/C10H7NO2.C3H4O2.Cu/c12-10(13)9-6-5-7-3-1-2-4-8(7)11-9;1-2-3(4)5;/h1-6H,(H,12,13);2H,1H2,(H,4,5);. The molecule has 0 bridgehead atoms. The third kappa shape index (κ3) is 5.33. The number of aromatic carboxylic acids is 1. The van der Waals surface area contributed by atoms with Crippen molar-refractivity contribution in [3.05, 3.63) is 54.7 Å². The molecule has 1 heterocycles.